The molecule has 0 saturated heterocycles. The summed E-state index contributed by atoms with van der Waals surface area (Å²) in [6.45, 7) is 2.26. The van der Waals surface area contributed by atoms with Gasteiger partial charge in [-0.05, 0) is 6.92 Å². The average Bonchev–Trinajstić information content (AvgIpc) is 2.30. The highest BCUT2D eigenvalue weighted by Gasteiger charge is 2.14. The standard InChI is InChI=1S/C10H20FNO5/c1-8(9(11)6-12)17-5-4-15-2-3-16-7-10(13)14/h8-9H,2-7,12H2,1H3,(H,13,14). The number of hydrogen-bond donors (Lipinski definition) is 2. The Labute approximate surface area is 99.8 Å². The third-order valence-electron chi connectivity index (χ3n) is 1.94. The molecule has 2 atom stereocenters. The first-order valence-corrected chi connectivity index (χ1v) is 5.41. The Morgan fingerprint density at radius 1 is 1.29 bits per heavy atom. The summed E-state index contributed by atoms with van der Waals surface area (Å²) in [5.41, 5.74) is 5.13. The van der Waals surface area contributed by atoms with E-state index in [1.165, 1.54) is 0 Å². The number of aliphatic carboxylic acids is 1. The first kappa shape index (κ1) is 16.2. The fraction of sp³-hybridized carbons (Fsp3) is 0.900. The average molecular weight is 253 g/mol. The van der Waals surface area contributed by atoms with Crippen LogP contribution in [0, 0.1) is 0 Å². The number of halogens is 1. The van der Waals surface area contributed by atoms with Crippen molar-refractivity contribution in [2.45, 2.75) is 19.2 Å². The van der Waals surface area contributed by atoms with Crippen LogP contribution in [0.15, 0.2) is 0 Å². The fourth-order valence-electron chi connectivity index (χ4n) is 0.968. The normalized spacial score (nSPS) is 14.5. The van der Waals surface area contributed by atoms with Crippen LogP contribution in [0.5, 0.6) is 0 Å². The molecule has 7 heteroatoms. The Morgan fingerprint density at radius 2 is 1.88 bits per heavy atom. The van der Waals surface area contributed by atoms with Gasteiger partial charge in [0.2, 0.25) is 0 Å². The van der Waals surface area contributed by atoms with Gasteiger partial charge in [0.1, 0.15) is 12.8 Å². The van der Waals surface area contributed by atoms with Gasteiger partial charge in [0.15, 0.2) is 0 Å². The van der Waals surface area contributed by atoms with Gasteiger partial charge in [0.25, 0.3) is 0 Å². The van der Waals surface area contributed by atoms with Gasteiger partial charge in [-0.25, -0.2) is 9.18 Å². The lowest BCUT2D eigenvalue weighted by molar-refractivity contribution is -0.142. The molecular formula is C10H20FNO5. The molecule has 0 amide bonds. The molecule has 0 heterocycles. The maximum atomic E-state index is 12.9. The summed E-state index contributed by atoms with van der Waals surface area (Å²) in [6, 6.07) is 0. The number of carbonyl (C=O) groups is 1. The predicted molar refractivity (Wildman–Crippen MR) is 58.6 cm³/mol. The lowest BCUT2D eigenvalue weighted by Crippen LogP contribution is -2.30. The van der Waals surface area contributed by atoms with Crippen molar-refractivity contribution >= 4 is 5.97 Å². The molecule has 0 aliphatic heterocycles. The zero-order chi connectivity index (χ0) is 13.1. The number of hydrogen-bond acceptors (Lipinski definition) is 5. The number of ether oxygens (including phenoxy) is 3. The van der Waals surface area contributed by atoms with Gasteiger partial charge >= 0.3 is 5.97 Å². The van der Waals surface area contributed by atoms with Crippen molar-refractivity contribution in [3.63, 3.8) is 0 Å². The van der Waals surface area contributed by atoms with Crippen molar-refractivity contribution in [1.29, 1.82) is 0 Å². The quantitative estimate of drug-likeness (QED) is 0.496. The molecular weight excluding hydrogens is 233 g/mol. The Balaban J connectivity index is 3.21. The molecule has 0 aromatic rings. The third-order valence-corrected chi connectivity index (χ3v) is 1.94. The van der Waals surface area contributed by atoms with Crippen molar-refractivity contribution < 1.29 is 28.5 Å². The molecule has 0 aliphatic rings. The van der Waals surface area contributed by atoms with Crippen LogP contribution >= 0.6 is 0 Å². The zero-order valence-electron chi connectivity index (χ0n) is 9.93. The molecule has 3 N–H and O–H groups in total. The molecule has 0 fully saturated rings. The van der Waals surface area contributed by atoms with Crippen molar-refractivity contribution in [2.24, 2.45) is 5.73 Å². The molecule has 0 rings (SSSR count). The van der Waals surface area contributed by atoms with Gasteiger partial charge in [0.05, 0.1) is 32.5 Å². The van der Waals surface area contributed by atoms with E-state index >= 15 is 0 Å². The molecule has 0 aromatic carbocycles. The fourth-order valence-corrected chi connectivity index (χ4v) is 0.968. The number of rotatable bonds is 11. The van der Waals surface area contributed by atoms with Crippen LogP contribution in [-0.2, 0) is 19.0 Å². The molecule has 0 aromatic heterocycles. The zero-order valence-corrected chi connectivity index (χ0v) is 9.93. The van der Waals surface area contributed by atoms with E-state index in [4.69, 9.17) is 25.1 Å². The molecule has 17 heavy (non-hydrogen) atoms. The summed E-state index contributed by atoms with van der Waals surface area (Å²) in [6.07, 6.45) is -1.72. The predicted octanol–water partition coefficient (Wildman–Crippen LogP) is -0.194. The first-order chi connectivity index (χ1) is 8.07. The monoisotopic (exact) mass is 253 g/mol. The first-order valence-electron chi connectivity index (χ1n) is 5.41. The molecule has 0 saturated carbocycles. The van der Waals surface area contributed by atoms with Crippen LogP contribution in [0.4, 0.5) is 4.39 Å². The lowest BCUT2D eigenvalue weighted by atomic mass is 10.2. The number of nitrogens with two attached hydrogens (primary N) is 1. The van der Waals surface area contributed by atoms with Crippen LogP contribution in [0.2, 0.25) is 0 Å². The van der Waals surface area contributed by atoms with E-state index in [0.29, 0.717) is 6.61 Å². The van der Waals surface area contributed by atoms with E-state index in [1.807, 2.05) is 0 Å². The minimum atomic E-state index is -1.17. The minimum Gasteiger partial charge on any atom is -0.480 e. The Bertz CT molecular complexity index is 205. The van der Waals surface area contributed by atoms with Gasteiger partial charge < -0.3 is 25.1 Å². The van der Waals surface area contributed by atoms with Crippen molar-refractivity contribution in [3.8, 4) is 0 Å². The van der Waals surface area contributed by atoms with Gasteiger partial charge in [-0.2, -0.15) is 0 Å². The molecule has 102 valence electrons. The largest absolute Gasteiger partial charge is 0.480 e. The molecule has 0 spiro atoms. The van der Waals surface area contributed by atoms with Crippen molar-refractivity contribution in [3.05, 3.63) is 0 Å². The molecule has 0 bridgehead atoms. The summed E-state index contributed by atoms with van der Waals surface area (Å²) >= 11 is 0. The smallest absolute Gasteiger partial charge is 0.329 e. The summed E-state index contributed by atoms with van der Waals surface area (Å²) in [5, 5.41) is 8.26. The SMILES string of the molecule is CC(OCCOCCOCC(=O)O)C(F)CN. The van der Waals surface area contributed by atoms with Crippen LogP contribution < -0.4 is 5.73 Å². The van der Waals surface area contributed by atoms with Crippen molar-refractivity contribution in [2.75, 3.05) is 39.6 Å². The summed E-state index contributed by atoms with van der Waals surface area (Å²) < 4.78 is 27.9. The summed E-state index contributed by atoms with van der Waals surface area (Å²) in [5.74, 6) is -1.02. The van der Waals surface area contributed by atoms with Crippen LogP contribution in [0.25, 0.3) is 0 Å². The highest BCUT2D eigenvalue weighted by atomic mass is 19.1. The highest BCUT2D eigenvalue weighted by Crippen LogP contribution is 2.01. The Morgan fingerprint density at radius 3 is 2.47 bits per heavy atom. The van der Waals surface area contributed by atoms with E-state index in [-0.39, 0.29) is 33.0 Å². The van der Waals surface area contributed by atoms with E-state index in [0.717, 1.165) is 0 Å². The van der Waals surface area contributed by atoms with E-state index in [9.17, 15) is 9.18 Å². The minimum absolute atomic E-state index is 0.0644. The van der Waals surface area contributed by atoms with Gasteiger partial charge in [-0.1, -0.05) is 0 Å². The lowest BCUT2D eigenvalue weighted by Gasteiger charge is -2.15. The van der Waals surface area contributed by atoms with E-state index in [2.05, 4.69) is 0 Å². The van der Waals surface area contributed by atoms with Crippen LogP contribution in [0.3, 0.4) is 0 Å². The summed E-state index contributed by atoms with van der Waals surface area (Å²) in [7, 11) is 0. The van der Waals surface area contributed by atoms with Crippen LogP contribution in [-0.4, -0.2) is 62.9 Å². The number of carboxylic acids is 1. The van der Waals surface area contributed by atoms with Gasteiger partial charge in [0, 0.05) is 6.54 Å². The maximum absolute atomic E-state index is 12.9. The molecule has 0 radical (unpaired) electrons. The van der Waals surface area contributed by atoms with E-state index in [1.54, 1.807) is 6.92 Å². The second kappa shape index (κ2) is 10.4. The van der Waals surface area contributed by atoms with Gasteiger partial charge in [-0.3, -0.25) is 0 Å². The highest BCUT2D eigenvalue weighted by molar-refractivity contribution is 5.67. The summed E-state index contributed by atoms with van der Waals surface area (Å²) in [4.78, 5) is 10.1. The second-order valence-corrected chi connectivity index (χ2v) is 3.39. The Kier molecular flexibility index (Phi) is 9.93. The molecule has 6 nitrogen and oxygen atoms in total. The second-order valence-electron chi connectivity index (χ2n) is 3.39. The molecule has 0 aliphatic carbocycles. The van der Waals surface area contributed by atoms with Gasteiger partial charge in [-0.15, -0.1) is 0 Å². The Hall–Kier alpha value is -0.760. The maximum Gasteiger partial charge on any atom is 0.329 e. The third kappa shape index (κ3) is 10.1. The van der Waals surface area contributed by atoms with Crippen molar-refractivity contribution in [1.82, 2.24) is 0 Å². The molecule has 2 unspecified atom stereocenters. The van der Waals surface area contributed by atoms with E-state index < -0.39 is 18.2 Å². The number of carboxylic acid groups (broad SMARTS) is 1. The topological polar surface area (TPSA) is 91.0 Å². The van der Waals surface area contributed by atoms with Crippen LogP contribution in [0.1, 0.15) is 6.92 Å². The number of alkyl halides is 1.